The highest BCUT2D eigenvalue weighted by atomic mass is 32.1. The van der Waals surface area contributed by atoms with Crippen molar-refractivity contribution in [2.24, 2.45) is 10.9 Å². The van der Waals surface area contributed by atoms with Gasteiger partial charge in [-0.05, 0) is 29.9 Å². The van der Waals surface area contributed by atoms with E-state index in [1.54, 1.807) is 0 Å². The Labute approximate surface area is 90.6 Å². The Bertz CT molecular complexity index is 413. The Balaban J connectivity index is 2.31. The number of primary amides is 1. The molecule has 1 heterocycles. The minimum Gasteiger partial charge on any atom is -0.411 e. The van der Waals surface area contributed by atoms with Gasteiger partial charge in [0.05, 0.1) is 16.6 Å². The molecule has 0 aromatic carbocycles. The maximum Gasteiger partial charge on any atom is 0.312 e. The molecule has 0 radical (unpaired) electrons. The summed E-state index contributed by atoms with van der Waals surface area (Å²) in [5.41, 5.74) is 6.76. The number of amides is 2. The second-order valence-corrected chi connectivity index (χ2v) is 4.27. The summed E-state index contributed by atoms with van der Waals surface area (Å²) in [7, 11) is 0. The lowest BCUT2D eigenvalue weighted by atomic mass is 9.93. The highest BCUT2D eigenvalue weighted by Crippen LogP contribution is 2.33. The predicted molar refractivity (Wildman–Crippen MR) is 57.3 cm³/mol. The van der Waals surface area contributed by atoms with Gasteiger partial charge in [-0.2, -0.15) is 0 Å². The summed E-state index contributed by atoms with van der Waals surface area (Å²) >= 11 is 1.51. The van der Waals surface area contributed by atoms with Gasteiger partial charge in [0.1, 0.15) is 0 Å². The lowest BCUT2D eigenvalue weighted by molar-refractivity contribution is 0.244. The van der Waals surface area contributed by atoms with Crippen LogP contribution in [0.5, 0.6) is 0 Å². The minimum absolute atomic E-state index is 0.0609. The van der Waals surface area contributed by atoms with E-state index in [2.05, 4.69) is 10.5 Å². The van der Waals surface area contributed by atoms with Crippen LogP contribution in [0.3, 0.4) is 0 Å². The van der Waals surface area contributed by atoms with Crippen LogP contribution in [0.15, 0.2) is 16.6 Å². The largest absolute Gasteiger partial charge is 0.411 e. The van der Waals surface area contributed by atoms with Gasteiger partial charge in [0, 0.05) is 0 Å². The van der Waals surface area contributed by atoms with Gasteiger partial charge >= 0.3 is 6.03 Å². The first-order valence-electron chi connectivity index (χ1n) is 4.57. The molecule has 0 saturated heterocycles. The Morgan fingerprint density at radius 2 is 2.53 bits per heavy atom. The molecule has 0 spiro atoms. The van der Waals surface area contributed by atoms with E-state index in [9.17, 15) is 4.79 Å². The number of hydrogen-bond acceptors (Lipinski definition) is 4. The van der Waals surface area contributed by atoms with Crippen molar-refractivity contribution in [2.75, 3.05) is 0 Å². The van der Waals surface area contributed by atoms with E-state index in [0.29, 0.717) is 18.6 Å². The normalized spacial score (nSPS) is 22.4. The van der Waals surface area contributed by atoms with Crippen LogP contribution in [-0.2, 0) is 0 Å². The number of oxime groups is 1. The molecule has 15 heavy (non-hydrogen) atoms. The van der Waals surface area contributed by atoms with Crippen molar-refractivity contribution in [3.05, 3.63) is 21.9 Å². The number of carbonyl (C=O) groups is 1. The van der Waals surface area contributed by atoms with Crippen LogP contribution in [0.4, 0.5) is 4.79 Å². The van der Waals surface area contributed by atoms with Gasteiger partial charge in [0.15, 0.2) is 0 Å². The second-order valence-electron chi connectivity index (χ2n) is 3.35. The zero-order valence-electron chi connectivity index (χ0n) is 7.93. The van der Waals surface area contributed by atoms with Crippen LogP contribution in [-0.4, -0.2) is 17.0 Å². The molecule has 0 fully saturated rings. The van der Waals surface area contributed by atoms with E-state index >= 15 is 0 Å². The van der Waals surface area contributed by atoms with Gasteiger partial charge in [-0.1, -0.05) is 5.16 Å². The summed E-state index contributed by atoms with van der Waals surface area (Å²) in [6.45, 7) is 0. The van der Waals surface area contributed by atoms with Crippen molar-refractivity contribution in [1.82, 2.24) is 5.32 Å². The van der Waals surface area contributed by atoms with Crippen molar-refractivity contribution >= 4 is 23.1 Å². The molecule has 1 aromatic heterocycles. The Morgan fingerprint density at radius 3 is 3.20 bits per heavy atom. The summed E-state index contributed by atoms with van der Waals surface area (Å²) < 4.78 is 0. The summed E-state index contributed by atoms with van der Waals surface area (Å²) in [5, 5.41) is 16.7. The van der Waals surface area contributed by atoms with E-state index < -0.39 is 6.03 Å². The smallest absolute Gasteiger partial charge is 0.312 e. The maximum atomic E-state index is 10.8. The molecule has 0 bridgehead atoms. The minimum atomic E-state index is -0.526. The van der Waals surface area contributed by atoms with Crippen LogP contribution in [0, 0.1) is 0 Å². The first kappa shape index (κ1) is 9.97. The average molecular weight is 225 g/mol. The number of rotatable bonds is 1. The number of thiophene rings is 1. The molecule has 2 rings (SSSR count). The number of carbonyl (C=O) groups excluding carboxylic acids is 1. The van der Waals surface area contributed by atoms with Crippen molar-refractivity contribution in [3.8, 4) is 0 Å². The SMILES string of the molecule is NC(=O)NC1CC/C(=N/O)c2sccc21. The standard InChI is InChI=1S/C9H11N3O2S/c10-9(13)11-6-1-2-7(12-14)8-5(6)3-4-15-8/h3-4,6,14H,1-2H2,(H3,10,11,13)/b12-7-. The molecule has 1 atom stereocenters. The molecule has 1 unspecified atom stereocenters. The van der Waals surface area contributed by atoms with Crippen molar-refractivity contribution in [1.29, 1.82) is 0 Å². The summed E-state index contributed by atoms with van der Waals surface area (Å²) in [5.74, 6) is 0. The Hall–Kier alpha value is -1.56. The molecule has 80 valence electrons. The third-order valence-corrected chi connectivity index (χ3v) is 3.42. The van der Waals surface area contributed by atoms with E-state index in [1.807, 2.05) is 11.4 Å². The highest BCUT2D eigenvalue weighted by Gasteiger charge is 2.26. The number of urea groups is 1. The Morgan fingerprint density at radius 1 is 1.73 bits per heavy atom. The quantitative estimate of drug-likeness (QED) is 0.498. The second kappa shape index (κ2) is 3.90. The number of fused-ring (bicyclic) bond motifs is 1. The molecule has 5 nitrogen and oxygen atoms in total. The van der Waals surface area contributed by atoms with Crippen molar-refractivity contribution < 1.29 is 10.0 Å². The molecule has 6 heteroatoms. The predicted octanol–water partition coefficient (Wildman–Crippen LogP) is 1.43. The van der Waals surface area contributed by atoms with Gasteiger partial charge in [0.2, 0.25) is 0 Å². The van der Waals surface area contributed by atoms with E-state index in [1.165, 1.54) is 11.3 Å². The van der Waals surface area contributed by atoms with Crippen LogP contribution < -0.4 is 11.1 Å². The molecule has 1 aromatic rings. The molecular weight excluding hydrogens is 214 g/mol. The number of nitrogens with one attached hydrogen (secondary N) is 1. The van der Waals surface area contributed by atoms with Crippen LogP contribution in [0.2, 0.25) is 0 Å². The first-order valence-corrected chi connectivity index (χ1v) is 5.45. The summed E-state index contributed by atoms with van der Waals surface area (Å²) in [6, 6.07) is 1.33. The van der Waals surface area contributed by atoms with E-state index in [-0.39, 0.29) is 6.04 Å². The van der Waals surface area contributed by atoms with Crippen LogP contribution in [0.1, 0.15) is 29.3 Å². The molecule has 2 amide bonds. The van der Waals surface area contributed by atoms with Gasteiger partial charge in [-0.3, -0.25) is 0 Å². The molecule has 0 aliphatic heterocycles. The van der Waals surface area contributed by atoms with E-state index in [4.69, 9.17) is 10.9 Å². The van der Waals surface area contributed by atoms with Gasteiger partial charge in [-0.15, -0.1) is 11.3 Å². The van der Waals surface area contributed by atoms with E-state index in [0.717, 1.165) is 10.4 Å². The monoisotopic (exact) mass is 225 g/mol. The van der Waals surface area contributed by atoms with Gasteiger partial charge in [0.25, 0.3) is 0 Å². The van der Waals surface area contributed by atoms with Crippen molar-refractivity contribution in [3.63, 3.8) is 0 Å². The number of hydrogen-bond donors (Lipinski definition) is 3. The molecular formula is C9H11N3O2S. The zero-order valence-corrected chi connectivity index (χ0v) is 8.75. The maximum absolute atomic E-state index is 10.8. The van der Waals surface area contributed by atoms with Crippen LogP contribution >= 0.6 is 11.3 Å². The molecule has 1 aliphatic rings. The third-order valence-electron chi connectivity index (χ3n) is 2.44. The summed E-state index contributed by atoms with van der Waals surface area (Å²) in [4.78, 5) is 11.7. The average Bonchev–Trinajstić information content (AvgIpc) is 2.66. The fourth-order valence-corrected chi connectivity index (χ4v) is 2.77. The molecule has 1 aliphatic carbocycles. The molecule has 4 N–H and O–H groups in total. The van der Waals surface area contributed by atoms with Crippen LogP contribution in [0.25, 0.3) is 0 Å². The lowest BCUT2D eigenvalue weighted by Gasteiger charge is -2.23. The topological polar surface area (TPSA) is 87.7 Å². The fourth-order valence-electron chi connectivity index (χ4n) is 1.80. The number of nitrogens with two attached hydrogens (primary N) is 1. The summed E-state index contributed by atoms with van der Waals surface area (Å²) in [6.07, 6.45) is 1.36. The fraction of sp³-hybridized carbons (Fsp3) is 0.333. The third kappa shape index (κ3) is 1.80. The highest BCUT2D eigenvalue weighted by molar-refractivity contribution is 7.12. The van der Waals surface area contributed by atoms with Gasteiger partial charge < -0.3 is 16.3 Å². The zero-order chi connectivity index (χ0) is 10.8. The van der Waals surface area contributed by atoms with Crippen molar-refractivity contribution in [2.45, 2.75) is 18.9 Å². The first-order chi connectivity index (χ1) is 7.22. The molecule has 0 saturated carbocycles. The lowest BCUT2D eigenvalue weighted by Crippen LogP contribution is -2.35. The number of nitrogens with zero attached hydrogens (tertiary/aromatic N) is 1. The van der Waals surface area contributed by atoms with Gasteiger partial charge in [-0.25, -0.2) is 4.79 Å². The Kier molecular flexibility index (Phi) is 2.59.